The third-order valence-electron chi connectivity index (χ3n) is 30.3. The largest absolute Gasteiger partial charge is 0.478 e. The standard InChI is InChI=1S/C40H42N4O7Si.C34H36N2O6Si.C26H32N2O3Si/c45-36-10-11-37(46)44(36)13-12-41-38(47)27-4-7-30-33(24-27)40(51-39(30)48)31-8-5-28(42-14-18-49-19-15-42)25-34(31)52(22-2-1-3-23-52)35-26-29(6-9-32(35)40)43-16-20-50-21-17-43;37-32(38)23-4-7-26-29(20-23)34(42-33(26)39)27-8-5-24(35-10-14-40-15-11-35)21-30(27)43(18-2-1-3-19-43)31-22-25(6-9-28(31)34)36-12-16-41-17-13-36;29-26-22-6-4-20(27-8-12-30-13-9-27)18-24(22)32(16-2-1-3-17-32)25-19-21(5-7-23(25)26)28-10-14-31-15-11-28/h4-11,24-26H,1-3,12-23H2,(H,41,47);4-9,20-22H,1-3,10-19H2,(H,37,38);4-7,18-19H,1-3,8-17H2. The highest BCUT2D eigenvalue weighted by molar-refractivity contribution is 7.05. The van der Waals surface area contributed by atoms with E-state index in [1.807, 2.05) is 6.07 Å². The van der Waals surface area contributed by atoms with Crippen LogP contribution in [0.25, 0.3) is 0 Å². The molecule has 2 N–H and O–H groups in total. The fraction of sp³-hybridized carbons (Fsp3) is 0.430. The van der Waals surface area contributed by atoms with Crippen LogP contribution in [0.4, 0.5) is 34.1 Å². The fourth-order valence-electron chi connectivity index (χ4n) is 23.9. The molecule has 5 spiro atoms. The van der Waals surface area contributed by atoms with Gasteiger partial charge in [-0.1, -0.05) is 82.1 Å². The molecule has 15 heterocycles. The number of benzene rings is 8. The van der Waals surface area contributed by atoms with Gasteiger partial charge in [-0.25, -0.2) is 14.4 Å². The van der Waals surface area contributed by atoms with Crippen LogP contribution >= 0.6 is 0 Å². The lowest BCUT2D eigenvalue weighted by molar-refractivity contribution is -0.136. The summed E-state index contributed by atoms with van der Waals surface area (Å²) >= 11 is 0. The van der Waals surface area contributed by atoms with Crippen LogP contribution < -0.4 is 65.8 Å². The molecule has 23 rings (SSSR count). The van der Waals surface area contributed by atoms with E-state index in [2.05, 4.69) is 144 Å². The van der Waals surface area contributed by atoms with Gasteiger partial charge in [0.15, 0.2) is 17.0 Å². The normalized spacial score (nSPS) is 21.8. The van der Waals surface area contributed by atoms with Crippen molar-refractivity contribution >= 4 is 131 Å². The molecule has 127 heavy (non-hydrogen) atoms. The lowest BCUT2D eigenvalue weighted by Crippen LogP contribution is -2.67. The topological polar surface area (TPSA) is 248 Å². The maximum absolute atomic E-state index is 14.0. The van der Waals surface area contributed by atoms with Crippen LogP contribution in [0, 0.1) is 0 Å². The zero-order valence-corrected chi connectivity index (χ0v) is 75.2. The molecule has 658 valence electrons. The van der Waals surface area contributed by atoms with Crippen molar-refractivity contribution in [2.45, 2.75) is 105 Å². The molecule has 0 aromatic heterocycles. The minimum atomic E-state index is -2.37. The van der Waals surface area contributed by atoms with Gasteiger partial charge >= 0.3 is 17.9 Å². The summed E-state index contributed by atoms with van der Waals surface area (Å²) in [6.45, 7) is 19.3. The molecule has 8 aromatic carbocycles. The molecular formula is C100H110N8O16Si3. The number of ketones is 1. The maximum Gasteiger partial charge on any atom is 0.340 e. The number of ether oxygens (including phenoxy) is 8. The Morgan fingerprint density at radius 3 is 0.913 bits per heavy atom. The number of hydrogen-bond donors (Lipinski definition) is 2. The van der Waals surface area contributed by atoms with Gasteiger partial charge in [-0.05, 0) is 189 Å². The van der Waals surface area contributed by atoms with Crippen molar-refractivity contribution in [3.8, 4) is 0 Å². The van der Waals surface area contributed by atoms with E-state index < -0.39 is 65.1 Å². The Kier molecular flexibility index (Phi) is 22.6. The average Bonchev–Trinajstić information content (AvgIpc) is 1.61. The Balaban J connectivity index is 0.000000119. The smallest absolute Gasteiger partial charge is 0.340 e. The molecule has 0 unspecified atom stereocenters. The van der Waals surface area contributed by atoms with Crippen LogP contribution in [0.5, 0.6) is 0 Å². The van der Waals surface area contributed by atoms with Gasteiger partial charge in [0.1, 0.15) is 24.2 Å². The minimum absolute atomic E-state index is 0.0668. The van der Waals surface area contributed by atoms with Crippen LogP contribution in [0.2, 0.25) is 36.3 Å². The van der Waals surface area contributed by atoms with E-state index in [4.69, 9.17) is 37.9 Å². The predicted molar refractivity (Wildman–Crippen MR) is 494 cm³/mol. The Labute approximate surface area is 743 Å². The van der Waals surface area contributed by atoms with E-state index in [0.717, 1.165) is 180 Å². The molecule has 24 nitrogen and oxygen atoms in total. The summed E-state index contributed by atoms with van der Waals surface area (Å²) in [4.78, 5) is 107. The number of amides is 3. The van der Waals surface area contributed by atoms with E-state index >= 15 is 0 Å². The number of nitrogens with zero attached hydrogens (tertiary/aromatic N) is 7. The summed E-state index contributed by atoms with van der Waals surface area (Å²) in [6, 6.07) is 57.5. The summed E-state index contributed by atoms with van der Waals surface area (Å²) < 4.78 is 47.2. The number of anilines is 6. The second-order valence-electron chi connectivity index (χ2n) is 36.6. The van der Waals surface area contributed by atoms with E-state index in [1.165, 1.54) is 140 Å². The van der Waals surface area contributed by atoms with Gasteiger partial charge in [0.05, 0.1) is 96.0 Å². The van der Waals surface area contributed by atoms with Gasteiger partial charge in [0, 0.05) is 188 Å². The van der Waals surface area contributed by atoms with E-state index in [9.17, 15) is 38.7 Å². The highest BCUT2D eigenvalue weighted by Crippen LogP contribution is 2.55. The number of rotatable bonds is 11. The molecule has 27 heteroatoms. The summed E-state index contributed by atoms with van der Waals surface area (Å²) in [7, 11) is -6.64. The summed E-state index contributed by atoms with van der Waals surface area (Å²) in [5.41, 5.74) is 13.6. The molecule has 9 fully saturated rings. The third-order valence-corrected chi connectivity index (χ3v) is 46.2. The molecule has 8 aromatic rings. The second kappa shape index (κ2) is 34.4. The first-order valence-electron chi connectivity index (χ1n) is 46.4. The molecule has 0 aliphatic carbocycles. The van der Waals surface area contributed by atoms with Crippen molar-refractivity contribution in [3.63, 3.8) is 0 Å². The molecule has 15 aliphatic heterocycles. The van der Waals surface area contributed by atoms with Crippen molar-refractivity contribution in [2.24, 2.45) is 0 Å². The number of carboxylic acid groups (broad SMARTS) is 1. The number of imide groups is 1. The van der Waals surface area contributed by atoms with Crippen LogP contribution in [-0.2, 0) is 58.7 Å². The monoisotopic (exact) mass is 1760 g/mol. The van der Waals surface area contributed by atoms with E-state index in [1.54, 1.807) is 24.3 Å². The highest BCUT2D eigenvalue weighted by atomic mass is 28.3. The SMILES string of the molecule is O=C(NCCN1C(=O)C=CC1=O)c1ccc2c(c1)C1(OC2=O)c2ccc(N3CCOCC3)cc2[Si]2(CCCCC2)c2cc(N3CCOCC3)ccc21.O=C(O)c1ccc2c(c1)C1(OC2=O)c2ccc(N3CCOCC3)cc2[Si]2(CCCCC2)c2cc(N3CCOCC3)ccc21.O=C1c2ccc(N3CCOCC3)cc2[Si]2(CCCCC2)c2cc(N3CCOCC3)ccc21. The van der Waals surface area contributed by atoms with Crippen molar-refractivity contribution in [1.82, 2.24) is 10.2 Å². The molecule has 15 aliphatic rings. The number of morpholine rings is 6. The number of carbonyl (C=O) groups excluding carboxylic acids is 6. The minimum Gasteiger partial charge on any atom is -0.478 e. The summed E-state index contributed by atoms with van der Waals surface area (Å²) in [6.07, 6.45) is 13.5. The number of nitrogens with one attached hydrogen (secondary N) is 1. The van der Waals surface area contributed by atoms with E-state index in [0.29, 0.717) is 80.7 Å². The van der Waals surface area contributed by atoms with Crippen LogP contribution in [0.1, 0.15) is 149 Å². The lowest BCUT2D eigenvalue weighted by atomic mass is 9.78. The zero-order valence-electron chi connectivity index (χ0n) is 72.2. The zero-order chi connectivity index (χ0) is 86.2. The fourth-order valence-corrected chi connectivity index (χ4v) is 40.9. The summed E-state index contributed by atoms with van der Waals surface area (Å²) in [5.74, 6) is -2.75. The average molecular weight is 1760 g/mol. The molecule has 0 atom stereocenters. The molecule has 0 saturated carbocycles. The van der Waals surface area contributed by atoms with Crippen molar-refractivity contribution in [2.75, 3.05) is 200 Å². The van der Waals surface area contributed by atoms with Crippen LogP contribution in [0.3, 0.4) is 0 Å². The number of carboxylic acids is 1. The number of esters is 2. The van der Waals surface area contributed by atoms with Crippen molar-refractivity contribution < 1.29 is 76.6 Å². The van der Waals surface area contributed by atoms with Crippen molar-refractivity contribution in [1.29, 1.82) is 0 Å². The molecule has 0 radical (unpaired) electrons. The molecule has 9 saturated heterocycles. The number of hydrogen-bond acceptors (Lipinski definition) is 21. The van der Waals surface area contributed by atoms with Crippen molar-refractivity contribution in [3.05, 3.63) is 225 Å². The number of aromatic carboxylic acids is 1. The predicted octanol–water partition coefficient (Wildman–Crippen LogP) is 8.77. The van der Waals surface area contributed by atoms with Gasteiger partial charge < -0.3 is 77.7 Å². The van der Waals surface area contributed by atoms with Crippen LogP contribution in [-0.4, -0.2) is 247 Å². The van der Waals surface area contributed by atoms with Gasteiger partial charge in [0.25, 0.3) is 17.7 Å². The third kappa shape index (κ3) is 14.5. The highest BCUT2D eigenvalue weighted by Gasteiger charge is 2.61. The molecule has 3 amide bonds. The lowest BCUT2D eigenvalue weighted by Gasteiger charge is -2.49. The Morgan fingerprint density at radius 1 is 0.323 bits per heavy atom. The molecular weight excluding hydrogens is 1650 g/mol. The molecule has 0 bridgehead atoms. The first-order valence-corrected chi connectivity index (χ1v) is 53.6. The Hall–Kier alpha value is -10.6. The number of carbonyl (C=O) groups is 7. The van der Waals surface area contributed by atoms with Gasteiger partial charge in [-0.15, -0.1) is 0 Å². The Bertz CT molecular complexity index is 5490. The second-order valence-corrected chi connectivity index (χ2v) is 49.3. The van der Waals surface area contributed by atoms with E-state index in [-0.39, 0.29) is 30.3 Å². The van der Waals surface area contributed by atoms with Gasteiger partial charge in [-0.3, -0.25) is 24.1 Å². The summed E-state index contributed by atoms with van der Waals surface area (Å²) in [5, 5.41) is 21.0. The maximum atomic E-state index is 14.0. The first-order chi connectivity index (χ1) is 62.2. The van der Waals surface area contributed by atoms with Gasteiger partial charge in [-0.2, -0.15) is 0 Å². The quantitative estimate of drug-likeness (QED) is 0.0697. The van der Waals surface area contributed by atoms with Gasteiger partial charge in [0.2, 0.25) is 0 Å². The number of fused-ring (bicyclic) bond motifs is 20. The Morgan fingerprint density at radius 2 is 0.598 bits per heavy atom. The van der Waals surface area contributed by atoms with Crippen LogP contribution in [0.15, 0.2) is 158 Å². The first kappa shape index (κ1) is 83.3.